The van der Waals surface area contributed by atoms with E-state index in [2.05, 4.69) is 29.7 Å². The van der Waals surface area contributed by atoms with Gasteiger partial charge in [-0.15, -0.1) is 0 Å². The van der Waals surface area contributed by atoms with Crippen molar-refractivity contribution < 1.29 is 14.4 Å². The molecule has 0 aliphatic heterocycles. The van der Waals surface area contributed by atoms with Crippen LogP contribution >= 0.6 is 0 Å². The minimum atomic E-state index is -0.195. The van der Waals surface area contributed by atoms with Crippen LogP contribution in [0.4, 0.5) is 11.4 Å². The molecule has 2 aromatic carbocycles. The van der Waals surface area contributed by atoms with Crippen LogP contribution in [0.5, 0.6) is 0 Å². The smallest absolute Gasteiger partial charge is 0.238 e. The molecule has 0 spiro atoms. The van der Waals surface area contributed by atoms with Crippen LogP contribution in [0.25, 0.3) is 0 Å². The van der Waals surface area contributed by atoms with Crippen LogP contribution in [0.3, 0.4) is 0 Å². The van der Waals surface area contributed by atoms with Gasteiger partial charge in [-0.05, 0) is 48.4 Å². The van der Waals surface area contributed by atoms with E-state index in [9.17, 15) is 14.4 Å². The highest BCUT2D eigenvalue weighted by Gasteiger charge is 2.16. The topological polar surface area (TPSA) is 81.8 Å². The zero-order valence-corrected chi connectivity index (χ0v) is 18.8. The van der Waals surface area contributed by atoms with Gasteiger partial charge in [0.25, 0.3) is 0 Å². The largest absolute Gasteiger partial charge is 0.340 e. The zero-order valence-electron chi connectivity index (χ0n) is 18.8. The van der Waals surface area contributed by atoms with E-state index in [4.69, 9.17) is 0 Å². The summed E-state index contributed by atoms with van der Waals surface area (Å²) in [4.78, 5) is 39.6. The number of carbonyl (C=O) groups excluding carboxylic acids is 3. The Morgan fingerprint density at radius 3 is 1.87 bits per heavy atom. The van der Waals surface area contributed by atoms with Crippen LogP contribution in [0.15, 0.2) is 48.5 Å². The Labute approximate surface area is 184 Å². The summed E-state index contributed by atoms with van der Waals surface area (Å²) in [5.41, 5.74) is 3.65. The average molecular weight is 425 g/mol. The quantitative estimate of drug-likeness (QED) is 0.614. The van der Waals surface area contributed by atoms with Crippen molar-refractivity contribution in [1.82, 2.24) is 9.80 Å². The maximum atomic E-state index is 12.6. The van der Waals surface area contributed by atoms with Crippen LogP contribution < -0.4 is 10.6 Å². The first-order chi connectivity index (χ1) is 14.8. The van der Waals surface area contributed by atoms with Gasteiger partial charge in [-0.3, -0.25) is 19.3 Å². The number of rotatable bonds is 10. The first-order valence-corrected chi connectivity index (χ1v) is 10.5. The summed E-state index contributed by atoms with van der Waals surface area (Å²) in [6.45, 7) is 6.89. The van der Waals surface area contributed by atoms with E-state index in [-0.39, 0.29) is 30.8 Å². The molecule has 0 atom stereocenters. The molecule has 0 aliphatic carbocycles. The Morgan fingerprint density at radius 1 is 0.806 bits per heavy atom. The van der Waals surface area contributed by atoms with Gasteiger partial charge in [0.15, 0.2) is 0 Å². The van der Waals surface area contributed by atoms with Crippen molar-refractivity contribution in [3.05, 3.63) is 59.7 Å². The lowest BCUT2D eigenvalue weighted by Gasteiger charge is -2.24. The molecule has 31 heavy (non-hydrogen) atoms. The number of nitrogens with one attached hydrogen (secondary N) is 2. The summed E-state index contributed by atoms with van der Waals surface area (Å²) in [6, 6.07) is 15.2. The monoisotopic (exact) mass is 424 g/mol. The number of hydrogen-bond donors (Lipinski definition) is 2. The van der Waals surface area contributed by atoms with Crippen LogP contribution in [-0.4, -0.2) is 54.2 Å². The molecule has 0 unspecified atom stereocenters. The van der Waals surface area contributed by atoms with Gasteiger partial charge in [-0.2, -0.15) is 0 Å². The molecule has 7 nitrogen and oxygen atoms in total. The molecule has 7 heteroatoms. The van der Waals surface area contributed by atoms with Crippen molar-refractivity contribution in [2.75, 3.05) is 37.3 Å². The lowest BCUT2D eigenvalue weighted by atomic mass is 10.1. The van der Waals surface area contributed by atoms with Crippen molar-refractivity contribution in [2.24, 2.45) is 0 Å². The van der Waals surface area contributed by atoms with E-state index in [0.29, 0.717) is 24.5 Å². The zero-order chi connectivity index (χ0) is 22.8. The van der Waals surface area contributed by atoms with Gasteiger partial charge in [0.2, 0.25) is 17.7 Å². The fourth-order valence-electron chi connectivity index (χ4n) is 3.08. The third kappa shape index (κ3) is 8.22. The Bertz CT molecular complexity index is 879. The summed E-state index contributed by atoms with van der Waals surface area (Å²) in [7, 11) is 1.78. The summed E-state index contributed by atoms with van der Waals surface area (Å²) < 4.78 is 0. The number of hydrogen-bond acceptors (Lipinski definition) is 4. The minimum Gasteiger partial charge on any atom is -0.340 e. The number of anilines is 2. The summed E-state index contributed by atoms with van der Waals surface area (Å²) in [5.74, 6) is -0.378. The van der Waals surface area contributed by atoms with Crippen molar-refractivity contribution in [2.45, 2.75) is 33.7 Å². The van der Waals surface area contributed by atoms with Gasteiger partial charge < -0.3 is 15.5 Å². The maximum Gasteiger partial charge on any atom is 0.238 e. The molecule has 0 saturated carbocycles. The molecule has 2 rings (SSSR count). The Morgan fingerprint density at radius 2 is 1.35 bits per heavy atom. The van der Waals surface area contributed by atoms with Gasteiger partial charge in [-0.25, -0.2) is 0 Å². The number of nitrogens with zero attached hydrogens (tertiary/aromatic N) is 2. The predicted molar refractivity (Wildman–Crippen MR) is 124 cm³/mol. The molecule has 0 saturated heterocycles. The molecule has 3 amide bonds. The molecule has 2 N–H and O–H groups in total. The number of likely N-dealkylation sites (N-methyl/N-ethyl adjacent to an activating group) is 2. The highest BCUT2D eigenvalue weighted by atomic mass is 16.2. The van der Waals surface area contributed by atoms with Crippen molar-refractivity contribution >= 4 is 29.1 Å². The average Bonchev–Trinajstić information content (AvgIpc) is 2.74. The van der Waals surface area contributed by atoms with E-state index in [0.717, 1.165) is 12.0 Å². The molecule has 0 radical (unpaired) electrons. The summed E-state index contributed by atoms with van der Waals surface area (Å²) in [5, 5.41) is 5.50. The second-order valence-corrected chi connectivity index (χ2v) is 7.53. The molecule has 0 aromatic heterocycles. The van der Waals surface area contributed by atoms with E-state index in [1.165, 1.54) is 12.5 Å². The molecular weight excluding hydrogens is 392 g/mol. The highest BCUT2D eigenvalue weighted by molar-refractivity contribution is 5.93. The van der Waals surface area contributed by atoms with E-state index in [1.54, 1.807) is 41.1 Å². The molecule has 0 aliphatic rings. The molecular formula is C24H32N4O3. The van der Waals surface area contributed by atoms with E-state index in [1.807, 2.05) is 19.1 Å². The van der Waals surface area contributed by atoms with Gasteiger partial charge in [0, 0.05) is 31.9 Å². The Balaban J connectivity index is 1.84. The van der Waals surface area contributed by atoms with Crippen molar-refractivity contribution in [1.29, 1.82) is 0 Å². The van der Waals surface area contributed by atoms with Gasteiger partial charge in [0.05, 0.1) is 13.1 Å². The number of amides is 3. The molecule has 2 aromatic rings. The van der Waals surface area contributed by atoms with Crippen LogP contribution in [0.2, 0.25) is 0 Å². The Hall–Kier alpha value is -3.19. The van der Waals surface area contributed by atoms with Crippen molar-refractivity contribution in [3.63, 3.8) is 0 Å². The van der Waals surface area contributed by atoms with E-state index >= 15 is 0 Å². The number of benzene rings is 2. The SMILES string of the molecule is CCc1ccc(CN(C)C(=O)CN(CC)CC(=O)Nc2ccc(NC(C)=O)cc2)cc1. The lowest BCUT2D eigenvalue weighted by Crippen LogP contribution is -2.41. The normalized spacial score (nSPS) is 10.6. The molecule has 0 fully saturated rings. The molecule has 0 bridgehead atoms. The molecule has 0 heterocycles. The van der Waals surface area contributed by atoms with Crippen LogP contribution in [0, 0.1) is 0 Å². The van der Waals surface area contributed by atoms with Gasteiger partial charge >= 0.3 is 0 Å². The Kier molecular flexibility index (Phi) is 9.21. The van der Waals surface area contributed by atoms with Crippen LogP contribution in [0.1, 0.15) is 31.9 Å². The maximum absolute atomic E-state index is 12.6. The third-order valence-corrected chi connectivity index (χ3v) is 4.94. The number of carbonyl (C=O) groups is 3. The van der Waals surface area contributed by atoms with Crippen molar-refractivity contribution in [3.8, 4) is 0 Å². The highest BCUT2D eigenvalue weighted by Crippen LogP contribution is 2.13. The predicted octanol–water partition coefficient (Wildman–Crippen LogP) is 3.13. The first-order valence-electron chi connectivity index (χ1n) is 10.5. The van der Waals surface area contributed by atoms with Crippen LogP contribution in [-0.2, 0) is 27.3 Å². The first kappa shape index (κ1) is 24.1. The number of aryl methyl sites for hydroxylation is 1. The minimum absolute atomic E-state index is 0.0334. The second kappa shape index (κ2) is 11.9. The lowest BCUT2D eigenvalue weighted by molar-refractivity contribution is -0.132. The van der Waals surface area contributed by atoms with E-state index < -0.39 is 0 Å². The van der Waals surface area contributed by atoms with Gasteiger partial charge in [0.1, 0.15) is 0 Å². The summed E-state index contributed by atoms with van der Waals surface area (Å²) >= 11 is 0. The fourth-order valence-corrected chi connectivity index (χ4v) is 3.08. The standard InChI is InChI=1S/C24H32N4O3/c1-5-19-7-9-20(10-8-19)15-27(4)24(31)17-28(6-2)16-23(30)26-22-13-11-21(12-14-22)25-18(3)29/h7-14H,5-6,15-17H2,1-4H3,(H,25,29)(H,26,30). The second-order valence-electron chi connectivity index (χ2n) is 7.53. The fraction of sp³-hybridized carbons (Fsp3) is 0.375. The third-order valence-electron chi connectivity index (χ3n) is 4.94. The molecule has 166 valence electrons. The summed E-state index contributed by atoms with van der Waals surface area (Å²) in [6.07, 6.45) is 0.988. The van der Waals surface area contributed by atoms with Gasteiger partial charge in [-0.1, -0.05) is 38.1 Å².